The lowest BCUT2D eigenvalue weighted by Crippen LogP contribution is -2.25. The Balaban J connectivity index is 2.51. The highest BCUT2D eigenvalue weighted by atomic mass is 16.3. The maximum atomic E-state index is 9.45. The number of aliphatic hydroxyl groups excluding tert-OH is 1. The van der Waals surface area contributed by atoms with E-state index in [0.29, 0.717) is 0 Å². The lowest BCUT2D eigenvalue weighted by molar-refractivity contribution is 0.245. The van der Waals surface area contributed by atoms with Gasteiger partial charge in [0, 0.05) is 12.1 Å². The van der Waals surface area contributed by atoms with Gasteiger partial charge in [0.25, 0.3) is 0 Å². The van der Waals surface area contributed by atoms with Crippen molar-refractivity contribution in [2.75, 3.05) is 6.54 Å². The van der Waals surface area contributed by atoms with Gasteiger partial charge in [-0.3, -0.25) is 4.68 Å². The fourth-order valence-electron chi connectivity index (χ4n) is 2.10. The molecule has 2 rings (SSSR count). The van der Waals surface area contributed by atoms with Crippen molar-refractivity contribution >= 4 is 0 Å². The topological polar surface area (TPSA) is 50.1 Å². The number of nitrogens with zero attached hydrogens (tertiary/aromatic N) is 2. The summed E-state index contributed by atoms with van der Waals surface area (Å²) in [6.45, 7) is 8.22. The minimum atomic E-state index is -0.0601. The summed E-state index contributed by atoms with van der Waals surface area (Å²) in [4.78, 5) is 0. The van der Waals surface area contributed by atoms with E-state index < -0.39 is 0 Å². The summed E-state index contributed by atoms with van der Waals surface area (Å²) in [6.07, 6.45) is 0.974. The van der Waals surface area contributed by atoms with Gasteiger partial charge in [0.1, 0.15) is 0 Å². The van der Waals surface area contributed by atoms with Crippen molar-refractivity contribution in [3.05, 3.63) is 17.0 Å². The molecule has 2 heterocycles. The van der Waals surface area contributed by atoms with Crippen molar-refractivity contribution in [1.82, 2.24) is 15.1 Å². The standard InChI is InChI=1S/C11H19N3O/c1-11(2,3)14-10(7-15)8-4-5-12-6-9(8)13-14/h12,15H,4-7H2,1-3H3. The maximum Gasteiger partial charge on any atom is 0.0853 e. The van der Waals surface area contributed by atoms with Crippen LogP contribution in [0.5, 0.6) is 0 Å². The summed E-state index contributed by atoms with van der Waals surface area (Å²) in [5, 5.41) is 17.3. The number of aromatic nitrogens is 2. The molecule has 1 aliphatic rings. The molecule has 0 spiro atoms. The average molecular weight is 209 g/mol. The Hall–Kier alpha value is -0.870. The number of rotatable bonds is 1. The molecule has 15 heavy (non-hydrogen) atoms. The lowest BCUT2D eigenvalue weighted by atomic mass is 10.0. The van der Waals surface area contributed by atoms with E-state index in [0.717, 1.165) is 30.9 Å². The normalized spacial score (nSPS) is 16.5. The van der Waals surface area contributed by atoms with Crippen molar-refractivity contribution in [3.63, 3.8) is 0 Å². The largest absolute Gasteiger partial charge is 0.390 e. The molecule has 2 N–H and O–H groups in total. The number of fused-ring (bicyclic) bond motifs is 1. The van der Waals surface area contributed by atoms with Crippen LogP contribution in [0.2, 0.25) is 0 Å². The van der Waals surface area contributed by atoms with E-state index in [1.54, 1.807) is 0 Å². The highest BCUT2D eigenvalue weighted by Gasteiger charge is 2.25. The molecule has 0 atom stereocenters. The van der Waals surface area contributed by atoms with Crippen LogP contribution in [0.15, 0.2) is 0 Å². The zero-order chi connectivity index (χ0) is 11.1. The highest BCUT2D eigenvalue weighted by molar-refractivity contribution is 5.29. The van der Waals surface area contributed by atoms with Crippen LogP contribution in [-0.4, -0.2) is 21.4 Å². The average Bonchev–Trinajstić information content (AvgIpc) is 2.55. The zero-order valence-corrected chi connectivity index (χ0v) is 9.67. The van der Waals surface area contributed by atoms with Crippen LogP contribution in [0.3, 0.4) is 0 Å². The van der Waals surface area contributed by atoms with Crippen LogP contribution in [0.4, 0.5) is 0 Å². The second-order valence-corrected chi connectivity index (χ2v) is 5.04. The third-order valence-electron chi connectivity index (χ3n) is 2.80. The Morgan fingerprint density at radius 3 is 2.80 bits per heavy atom. The molecule has 0 amide bonds. The van der Waals surface area contributed by atoms with Gasteiger partial charge in [-0.05, 0) is 33.7 Å². The van der Waals surface area contributed by atoms with Crippen molar-refractivity contribution in [3.8, 4) is 0 Å². The molecule has 4 heteroatoms. The second-order valence-electron chi connectivity index (χ2n) is 5.04. The fraction of sp³-hybridized carbons (Fsp3) is 0.727. The third kappa shape index (κ3) is 1.79. The Bertz CT molecular complexity index is 363. The first kappa shape index (κ1) is 10.6. The molecule has 0 fully saturated rings. The molecule has 0 unspecified atom stereocenters. The number of nitrogens with one attached hydrogen (secondary N) is 1. The summed E-state index contributed by atoms with van der Waals surface area (Å²) in [6, 6.07) is 0. The summed E-state index contributed by atoms with van der Waals surface area (Å²) >= 11 is 0. The SMILES string of the molecule is CC(C)(C)n1nc2c(c1CO)CCNC2. The van der Waals surface area contributed by atoms with Crippen molar-refractivity contribution in [1.29, 1.82) is 0 Å². The smallest absolute Gasteiger partial charge is 0.0853 e. The van der Waals surface area contributed by atoms with Crippen LogP contribution in [0.25, 0.3) is 0 Å². The molecule has 0 bridgehead atoms. The number of hydrogen-bond acceptors (Lipinski definition) is 3. The van der Waals surface area contributed by atoms with Crippen LogP contribution < -0.4 is 5.32 Å². The number of aliphatic hydroxyl groups is 1. The van der Waals surface area contributed by atoms with Crippen LogP contribution in [0, 0.1) is 0 Å². The predicted octanol–water partition coefficient (Wildman–Crippen LogP) is 0.776. The van der Waals surface area contributed by atoms with Gasteiger partial charge in [0.15, 0.2) is 0 Å². The van der Waals surface area contributed by atoms with Gasteiger partial charge < -0.3 is 10.4 Å². The van der Waals surface area contributed by atoms with Gasteiger partial charge in [-0.1, -0.05) is 0 Å². The van der Waals surface area contributed by atoms with Gasteiger partial charge >= 0.3 is 0 Å². The first-order valence-corrected chi connectivity index (χ1v) is 5.45. The van der Waals surface area contributed by atoms with Crippen molar-refractivity contribution in [2.45, 2.75) is 45.9 Å². The Kier molecular flexibility index (Phi) is 2.56. The lowest BCUT2D eigenvalue weighted by Gasteiger charge is -2.22. The van der Waals surface area contributed by atoms with Gasteiger partial charge in [0.05, 0.1) is 23.5 Å². The van der Waals surface area contributed by atoms with Crippen molar-refractivity contribution in [2.24, 2.45) is 0 Å². The zero-order valence-electron chi connectivity index (χ0n) is 9.67. The van der Waals surface area contributed by atoms with Gasteiger partial charge in [-0.15, -0.1) is 0 Å². The van der Waals surface area contributed by atoms with Crippen LogP contribution >= 0.6 is 0 Å². The Labute approximate surface area is 90.3 Å². The molecule has 84 valence electrons. The number of hydrogen-bond donors (Lipinski definition) is 2. The molecular weight excluding hydrogens is 190 g/mol. The predicted molar refractivity (Wildman–Crippen MR) is 58.6 cm³/mol. The molecule has 1 aliphatic heterocycles. The molecule has 4 nitrogen and oxygen atoms in total. The molecule has 0 saturated heterocycles. The molecule has 0 aliphatic carbocycles. The van der Waals surface area contributed by atoms with E-state index in [9.17, 15) is 5.11 Å². The van der Waals surface area contributed by atoms with E-state index in [1.807, 2.05) is 4.68 Å². The fourth-order valence-corrected chi connectivity index (χ4v) is 2.10. The van der Waals surface area contributed by atoms with Gasteiger partial charge in [-0.2, -0.15) is 5.10 Å². The minimum Gasteiger partial charge on any atom is -0.390 e. The summed E-state index contributed by atoms with van der Waals surface area (Å²) in [7, 11) is 0. The molecule has 0 aromatic carbocycles. The molecule has 0 saturated carbocycles. The molecular formula is C11H19N3O. The van der Waals surface area contributed by atoms with E-state index in [2.05, 4.69) is 31.2 Å². The monoisotopic (exact) mass is 209 g/mol. The Morgan fingerprint density at radius 2 is 2.20 bits per heavy atom. The minimum absolute atomic E-state index is 0.0601. The second kappa shape index (κ2) is 3.61. The third-order valence-corrected chi connectivity index (χ3v) is 2.80. The summed E-state index contributed by atoms with van der Waals surface area (Å²) in [5.41, 5.74) is 3.26. The van der Waals surface area contributed by atoms with Gasteiger partial charge in [0.2, 0.25) is 0 Å². The first-order chi connectivity index (χ1) is 7.04. The van der Waals surface area contributed by atoms with Crippen LogP contribution in [0.1, 0.15) is 37.7 Å². The Morgan fingerprint density at radius 1 is 1.47 bits per heavy atom. The van der Waals surface area contributed by atoms with E-state index in [-0.39, 0.29) is 12.1 Å². The highest BCUT2D eigenvalue weighted by Crippen LogP contribution is 2.24. The quantitative estimate of drug-likeness (QED) is 0.718. The van der Waals surface area contributed by atoms with Crippen molar-refractivity contribution < 1.29 is 5.11 Å². The molecule has 1 aromatic rings. The first-order valence-electron chi connectivity index (χ1n) is 5.45. The van der Waals surface area contributed by atoms with E-state index in [4.69, 9.17) is 0 Å². The summed E-state index contributed by atoms with van der Waals surface area (Å²) < 4.78 is 1.96. The van der Waals surface area contributed by atoms with Gasteiger partial charge in [-0.25, -0.2) is 0 Å². The van der Waals surface area contributed by atoms with E-state index in [1.165, 1.54) is 5.56 Å². The van der Waals surface area contributed by atoms with E-state index >= 15 is 0 Å². The van der Waals surface area contributed by atoms with Crippen LogP contribution in [-0.2, 0) is 25.1 Å². The molecule has 1 aromatic heterocycles. The summed E-state index contributed by atoms with van der Waals surface area (Å²) in [5.74, 6) is 0. The molecule has 0 radical (unpaired) electrons. The maximum absolute atomic E-state index is 9.45.